The quantitative estimate of drug-likeness (QED) is 0.755. The Kier molecular flexibility index (Phi) is 7.38. The summed E-state index contributed by atoms with van der Waals surface area (Å²) >= 11 is 0. The summed E-state index contributed by atoms with van der Waals surface area (Å²) in [7, 11) is 3.64. The van der Waals surface area contributed by atoms with E-state index < -0.39 is 0 Å². The van der Waals surface area contributed by atoms with Gasteiger partial charge in [0.05, 0.1) is 13.1 Å². The van der Waals surface area contributed by atoms with Crippen LogP contribution >= 0.6 is 0 Å². The predicted molar refractivity (Wildman–Crippen MR) is 117 cm³/mol. The summed E-state index contributed by atoms with van der Waals surface area (Å²) in [6.45, 7) is 4.11. The number of likely N-dealkylation sites (N-methyl/N-ethyl adjacent to an activating group) is 2. The van der Waals surface area contributed by atoms with E-state index >= 15 is 0 Å². The molecule has 6 nitrogen and oxygen atoms in total. The van der Waals surface area contributed by atoms with Crippen molar-refractivity contribution >= 4 is 23.2 Å². The molecule has 2 amide bonds. The van der Waals surface area contributed by atoms with Crippen LogP contribution in [0.25, 0.3) is 0 Å². The van der Waals surface area contributed by atoms with Gasteiger partial charge < -0.3 is 9.80 Å². The van der Waals surface area contributed by atoms with Crippen LogP contribution < -0.4 is 9.80 Å². The molecule has 0 unspecified atom stereocenters. The number of benzene rings is 2. The highest BCUT2D eigenvalue weighted by Crippen LogP contribution is 2.14. The Morgan fingerprint density at radius 2 is 1.07 bits per heavy atom. The van der Waals surface area contributed by atoms with Gasteiger partial charge in [0.15, 0.2) is 0 Å². The fourth-order valence-corrected chi connectivity index (χ4v) is 3.53. The molecule has 3 rings (SSSR count). The lowest BCUT2D eigenvalue weighted by Gasteiger charge is -2.25. The first-order valence-corrected chi connectivity index (χ1v) is 10.1. The molecule has 2 aromatic carbocycles. The molecule has 0 bridgehead atoms. The smallest absolute Gasteiger partial charge is 0.240 e. The number of amides is 2. The molecule has 0 N–H and O–H groups in total. The number of carbonyl (C=O) groups excluding carboxylic acids is 2. The number of hydrogen-bond acceptors (Lipinski definition) is 4. The molecule has 1 fully saturated rings. The Morgan fingerprint density at radius 3 is 1.45 bits per heavy atom. The molecule has 0 spiro atoms. The number of nitrogens with zero attached hydrogens (tertiary/aromatic N) is 4. The van der Waals surface area contributed by atoms with E-state index in [2.05, 4.69) is 9.80 Å². The third kappa shape index (κ3) is 5.89. The minimum Gasteiger partial charge on any atom is -0.314 e. The largest absolute Gasteiger partial charge is 0.314 e. The van der Waals surface area contributed by atoms with E-state index in [4.69, 9.17) is 0 Å². The maximum absolute atomic E-state index is 12.6. The van der Waals surface area contributed by atoms with E-state index in [1.807, 2.05) is 74.8 Å². The zero-order chi connectivity index (χ0) is 20.6. The van der Waals surface area contributed by atoms with Gasteiger partial charge in [-0.25, -0.2) is 0 Å². The third-order valence-electron chi connectivity index (χ3n) is 5.43. The summed E-state index contributed by atoms with van der Waals surface area (Å²) in [4.78, 5) is 33.1. The first kappa shape index (κ1) is 21.0. The van der Waals surface area contributed by atoms with Gasteiger partial charge in [-0.3, -0.25) is 19.4 Å². The van der Waals surface area contributed by atoms with E-state index in [-0.39, 0.29) is 11.8 Å². The Morgan fingerprint density at radius 1 is 0.690 bits per heavy atom. The maximum Gasteiger partial charge on any atom is 0.240 e. The van der Waals surface area contributed by atoms with Gasteiger partial charge in [-0.2, -0.15) is 0 Å². The summed E-state index contributed by atoms with van der Waals surface area (Å²) in [5, 5.41) is 0. The zero-order valence-electron chi connectivity index (χ0n) is 17.3. The molecule has 1 aliphatic heterocycles. The average molecular weight is 395 g/mol. The van der Waals surface area contributed by atoms with E-state index in [9.17, 15) is 9.59 Å². The van der Waals surface area contributed by atoms with Crippen molar-refractivity contribution in [2.75, 3.05) is 63.2 Å². The van der Waals surface area contributed by atoms with Gasteiger partial charge in [0.1, 0.15) is 0 Å². The van der Waals surface area contributed by atoms with Crippen LogP contribution in [0.3, 0.4) is 0 Å². The van der Waals surface area contributed by atoms with Gasteiger partial charge in [0.25, 0.3) is 0 Å². The normalized spacial score (nSPS) is 15.5. The summed E-state index contributed by atoms with van der Waals surface area (Å²) in [5.74, 6) is 0.175. The van der Waals surface area contributed by atoms with Crippen molar-refractivity contribution < 1.29 is 9.59 Å². The van der Waals surface area contributed by atoms with Crippen LogP contribution in [0.2, 0.25) is 0 Å². The van der Waals surface area contributed by atoms with Crippen LogP contribution in [-0.2, 0) is 9.59 Å². The zero-order valence-corrected chi connectivity index (χ0v) is 17.3. The maximum atomic E-state index is 12.6. The third-order valence-corrected chi connectivity index (χ3v) is 5.43. The van der Waals surface area contributed by atoms with Gasteiger partial charge in [0.2, 0.25) is 11.8 Å². The molecule has 1 saturated heterocycles. The number of hydrogen-bond donors (Lipinski definition) is 0. The summed E-state index contributed by atoms with van der Waals surface area (Å²) in [5.41, 5.74) is 1.81. The summed E-state index contributed by atoms with van der Waals surface area (Å²) < 4.78 is 0. The van der Waals surface area contributed by atoms with Crippen LogP contribution in [0.15, 0.2) is 60.7 Å². The van der Waals surface area contributed by atoms with Crippen LogP contribution in [0.1, 0.15) is 6.42 Å². The van der Waals surface area contributed by atoms with Crippen molar-refractivity contribution in [2.45, 2.75) is 6.42 Å². The molecular formula is C23H30N4O2. The highest BCUT2D eigenvalue weighted by molar-refractivity contribution is 5.94. The Labute approximate surface area is 173 Å². The second-order valence-corrected chi connectivity index (χ2v) is 7.48. The molecule has 1 aliphatic rings. The first-order valence-electron chi connectivity index (χ1n) is 10.1. The minimum absolute atomic E-state index is 0.0875. The highest BCUT2D eigenvalue weighted by Gasteiger charge is 2.22. The molecule has 0 atom stereocenters. The Bertz CT molecular complexity index is 730. The van der Waals surface area contributed by atoms with Crippen molar-refractivity contribution in [1.82, 2.24) is 9.80 Å². The molecule has 2 aromatic rings. The number of para-hydroxylation sites is 2. The Hall–Kier alpha value is -2.70. The Balaban J connectivity index is 1.48. The molecule has 154 valence electrons. The second-order valence-electron chi connectivity index (χ2n) is 7.48. The monoisotopic (exact) mass is 394 g/mol. The molecule has 0 aromatic heterocycles. The fourth-order valence-electron chi connectivity index (χ4n) is 3.53. The van der Waals surface area contributed by atoms with Crippen molar-refractivity contribution in [1.29, 1.82) is 0 Å². The standard InChI is InChI=1S/C23H30N4O2/c1-24(20-10-5-3-6-11-20)22(28)18-26-14-9-15-27(17-16-26)19-23(29)25(2)21-12-7-4-8-13-21/h3-8,10-13H,9,14-19H2,1-2H3. The lowest BCUT2D eigenvalue weighted by atomic mass is 10.3. The molecule has 1 heterocycles. The van der Waals surface area contributed by atoms with Crippen molar-refractivity contribution in [2.24, 2.45) is 0 Å². The van der Waals surface area contributed by atoms with Crippen molar-refractivity contribution in [3.63, 3.8) is 0 Å². The second kappa shape index (κ2) is 10.2. The molecule has 0 radical (unpaired) electrons. The SMILES string of the molecule is CN(C(=O)CN1CCCN(CC(=O)N(C)c2ccccc2)CC1)c1ccccc1. The van der Waals surface area contributed by atoms with E-state index in [1.165, 1.54) is 0 Å². The molecule has 29 heavy (non-hydrogen) atoms. The van der Waals surface area contributed by atoms with Crippen LogP contribution in [0, 0.1) is 0 Å². The van der Waals surface area contributed by atoms with Crippen LogP contribution in [0.4, 0.5) is 11.4 Å². The topological polar surface area (TPSA) is 47.1 Å². The summed E-state index contributed by atoms with van der Waals surface area (Å²) in [6, 6.07) is 19.4. The molecular weight excluding hydrogens is 364 g/mol. The van der Waals surface area contributed by atoms with Gasteiger partial charge >= 0.3 is 0 Å². The van der Waals surface area contributed by atoms with Crippen molar-refractivity contribution in [3.8, 4) is 0 Å². The minimum atomic E-state index is 0.0875. The number of rotatable bonds is 6. The highest BCUT2D eigenvalue weighted by atomic mass is 16.2. The molecule has 0 saturated carbocycles. The van der Waals surface area contributed by atoms with Gasteiger partial charge in [-0.05, 0) is 43.8 Å². The van der Waals surface area contributed by atoms with Crippen molar-refractivity contribution in [3.05, 3.63) is 60.7 Å². The molecule has 0 aliphatic carbocycles. The fraction of sp³-hybridized carbons (Fsp3) is 0.391. The lowest BCUT2D eigenvalue weighted by molar-refractivity contribution is -0.120. The van der Waals surface area contributed by atoms with Gasteiger partial charge in [0, 0.05) is 38.6 Å². The number of anilines is 2. The first-order chi connectivity index (χ1) is 14.0. The van der Waals surface area contributed by atoms with E-state index in [0.717, 1.165) is 44.0 Å². The van der Waals surface area contributed by atoms with Crippen LogP contribution in [-0.4, -0.2) is 75.0 Å². The van der Waals surface area contributed by atoms with Gasteiger partial charge in [-0.15, -0.1) is 0 Å². The van der Waals surface area contributed by atoms with Gasteiger partial charge in [-0.1, -0.05) is 36.4 Å². The molecule has 6 heteroatoms. The average Bonchev–Trinajstić information content (AvgIpc) is 2.98. The number of carbonyl (C=O) groups is 2. The van der Waals surface area contributed by atoms with E-state index in [1.54, 1.807) is 9.80 Å². The predicted octanol–water partition coefficient (Wildman–Crippen LogP) is 2.32. The van der Waals surface area contributed by atoms with E-state index in [0.29, 0.717) is 13.1 Å². The van der Waals surface area contributed by atoms with Crippen LogP contribution in [0.5, 0.6) is 0 Å². The lowest BCUT2D eigenvalue weighted by Crippen LogP contribution is -2.42. The summed E-state index contributed by atoms with van der Waals surface area (Å²) in [6.07, 6.45) is 0.949.